The maximum atomic E-state index is 15.1. The van der Waals surface area contributed by atoms with Crippen molar-refractivity contribution in [2.75, 3.05) is 12.3 Å². The Bertz CT molecular complexity index is 666. The molecule has 1 unspecified atom stereocenters. The molecule has 21 heavy (non-hydrogen) atoms. The van der Waals surface area contributed by atoms with E-state index in [0.717, 1.165) is 4.57 Å². The van der Waals surface area contributed by atoms with Gasteiger partial charge in [-0.3, -0.25) is 4.57 Å². The number of halogens is 1. The first kappa shape index (κ1) is 15.4. The van der Waals surface area contributed by atoms with Gasteiger partial charge in [-0.2, -0.15) is 4.98 Å². The van der Waals surface area contributed by atoms with Gasteiger partial charge in [0.2, 0.25) is 5.67 Å². The van der Waals surface area contributed by atoms with Crippen LogP contribution in [0.5, 0.6) is 0 Å². The normalized spacial score (nSPS) is 31.8. The van der Waals surface area contributed by atoms with Crippen molar-refractivity contribution in [2.24, 2.45) is 0 Å². The third-order valence-corrected chi connectivity index (χ3v) is 3.34. The van der Waals surface area contributed by atoms with E-state index in [-0.39, 0.29) is 5.82 Å². The minimum Gasteiger partial charge on any atom is -0.394 e. The molecule has 114 valence electrons. The number of rotatable bonds is 2. The first-order chi connectivity index (χ1) is 9.85. The van der Waals surface area contributed by atoms with E-state index < -0.39 is 36.4 Å². The monoisotopic (exact) mass is 297 g/mol. The van der Waals surface area contributed by atoms with Gasteiger partial charge in [-0.1, -0.05) is 5.92 Å². The summed E-state index contributed by atoms with van der Waals surface area (Å²) in [6.45, 7) is 2.32. The Kier molecular flexibility index (Phi) is 4.00. The zero-order valence-electron chi connectivity index (χ0n) is 11.6. The molecule has 0 radical (unpaired) electrons. The molecule has 1 aromatic rings. The molecule has 0 aromatic carbocycles. The number of anilines is 1. The van der Waals surface area contributed by atoms with Crippen LogP contribution in [0.4, 0.5) is 10.2 Å². The second kappa shape index (κ2) is 5.44. The second-order valence-corrected chi connectivity index (χ2v) is 4.77. The number of aliphatic hydroxyl groups excluding tert-OH is 2. The fourth-order valence-electron chi connectivity index (χ4n) is 2.39. The largest absolute Gasteiger partial charge is 0.394 e. The van der Waals surface area contributed by atoms with Crippen LogP contribution in [0.1, 0.15) is 18.8 Å². The van der Waals surface area contributed by atoms with Crippen LogP contribution < -0.4 is 11.4 Å². The molecular formula is C13H16FN3O4. The first-order valence-corrected chi connectivity index (χ1v) is 6.28. The predicted octanol–water partition coefficient (Wildman–Crippen LogP) is -0.884. The van der Waals surface area contributed by atoms with Crippen LogP contribution in [0, 0.1) is 18.8 Å². The number of nitrogens with zero attached hydrogens (tertiary/aromatic N) is 2. The van der Waals surface area contributed by atoms with Crippen LogP contribution in [0.2, 0.25) is 0 Å². The molecule has 4 atom stereocenters. The zero-order chi connectivity index (χ0) is 15.8. The smallest absolute Gasteiger partial charge is 0.351 e. The molecular weight excluding hydrogens is 281 g/mol. The third kappa shape index (κ3) is 2.40. The van der Waals surface area contributed by atoms with Gasteiger partial charge >= 0.3 is 5.69 Å². The maximum Gasteiger partial charge on any atom is 0.351 e. The summed E-state index contributed by atoms with van der Waals surface area (Å²) in [6, 6.07) is 1.38. The van der Waals surface area contributed by atoms with Crippen LogP contribution in [-0.2, 0) is 4.74 Å². The van der Waals surface area contributed by atoms with Crippen LogP contribution in [0.25, 0.3) is 0 Å². The molecule has 7 nitrogen and oxygen atoms in total. The molecule has 2 rings (SSSR count). The molecule has 0 amide bonds. The number of hydrogen-bond donors (Lipinski definition) is 3. The number of nitrogens with two attached hydrogens (primary N) is 1. The topological polar surface area (TPSA) is 111 Å². The number of nitrogen functional groups attached to an aromatic ring is 1. The van der Waals surface area contributed by atoms with E-state index in [2.05, 4.69) is 16.8 Å². The minimum absolute atomic E-state index is 0.00274. The lowest BCUT2D eigenvalue weighted by molar-refractivity contribution is -0.0551. The van der Waals surface area contributed by atoms with Crippen LogP contribution in [-0.4, -0.2) is 44.2 Å². The highest BCUT2D eigenvalue weighted by atomic mass is 19.1. The van der Waals surface area contributed by atoms with Crippen molar-refractivity contribution in [1.82, 2.24) is 9.55 Å². The van der Waals surface area contributed by atoms with Crippen molar-refractivity contribution in [2.45, 2.75) is 38.0 Å². The van der Waals surface area contributed by atoms with Gasteiger partial charge in [0.05, 0.1) is 6.61 Å². The number of aryl methyl sites for hydroxylation is 1. The summed E-state index contributed by atoms with van der Waals surface area (Å²) in [4.78, 5) is 15.5. The summed E-state index contributed by atoms with van der Waals surface area (Å²) in [5.41, 5.74) is 2.42. The van der Waals surface area contributed by atoms with Crippen molar-refractivity contribution in [3.05, 3.63) is 22.2 Å². The lowest BCUT2D eigenvalue weighted by Crippen LogP contribution is -2.45. The van der Waals surface area contributed by atoms with Gasteiger partial charge in [0.15, 0.2) is 6.23 Å². The Morgan fingerprint density at radius 2 is 2.33 bits per heavy atom. The SMILES string of the molecule is CC#C[C@@]1(F)C(O)[C@@H](CO)O[C@H]1n1c(C)cc(N)nc1=O. The number of aromatic nitrogens is 2. The molecule has 1 fully saturated rings. The first-order valence-electron chi connectivity index (χ1n) is 6.28. The molecule has 0 bridgehead atoms. The summed E-state index contributed by atoms with van der Waals surface area (Å²) < 4.78 is 21.3. The molecule has 0 saturated carbocycles. The third-order valence-electron chi connectivity index (χ3n) is 3.34. The lowest BCUT2D eigenvalue weighted by atomic mass is 9.96. The standard InChI is InChI=1S/C13H16FN3O4/c1-3-4-13(14)10(19)8(6-18)21-11(13)17-7(2)5-9(15)16-12(17)20/h5,8,10-11,18-19H,6H2,1-2H3,(H2,15,16,20)/t8-,10?,11-,13-/m1/s1. The van der Waals surface area contributed by atoms with Gasteiger partial charge in [-0.05, 0) is 19.9 Å². The minimum atomic E-state index is -2.53. The van der Waals surface area contributed by atoms with E-state index in [0.29, 0.717) is 5.69 Å². The Morgan fingerprint density at radius 3 is 2.86 bits per heavy atom. The molecule has 8 heteroatoms. The van der Waals surface area contributed by atoms with Gasteiger partial charge in [0.1, 0.15) is 18.0 Å². The van der Waals surface area contributed by atoms with E-state index in [1.165, 1.54) is 19.9 Å². The van der Waals surface area contributed by atoms with Crippen molar-refractivity contribution < 1.29 is 19.3 Å². The molecule has 1 aliphatic rings. The van der Waals surface area contributed by atoms with Crippen molar-refractivity contribution in [3.8, 4) is 11.8 Å². The highest BCUT2D eigenvalue weighted by molar-refractivity contribution is 5.30. The van der Waals surface area contributed by atoms with E-state index in [1.807, 2.05) is 0 Å². The average molecular weight is 297 g/mol. The Morgan fingerprint density at radius 1 is 1.67 bits per heavy atom. The molecule has 4 N–H and O–H groups in total. The summed E-state index contributed by atoms with van der Waals surface area (Å²) in [7, 11) is 0. The summed E-state index contributed by atoms with van der Waals surface area (Å²) in [5, 5.41) is 19.1. The lowest BCUT2D eigenvalue weighted by Gasteiger charge is -2.25. The molecule has 2 heterocycles. The fraction of sp³-hybridized carbons (Fsp3) is 0.538. The maximum absolute atomic E-state index is 15.1. The van der Waals surface area contributed by atoms with Gasteiger partial charge < -0.3 is 20.7 Å². The van der Waals surface area contributed by atoms with Gasteiger partial charge in [0.25, 0.3) is 0 Å². The highest BCUT2D eigenvalue weighted by Gasteiger charge is 2.58. The molecule has 0 spiro atoms. The Balaban J connectivity index is 2.61. The van der Waals surface area contributed by atoms with Crippen LogP contribution >= 0.6 is 0 Å². The quantitative estimate of drug-likeness (QED) is 0.611. The van der Waals surface area contributed by atoms with Gasteiger partial charge in [-0.25, -0.2) is 9.18 Å². The van der Waals surface area contributed by atoms with Crippen molar-refractivity contribution >= 4 is 5.82 Å². The number of aliphatic hydroxyl groups is 2. The molecule has 1 saturated heterocycles. The van der Waals surface area contributed by atoms with Crippen LogP contribution in [0.3, 0.4) is 0 Å². The summed E-state index contributed by atoms with van der Waals surface area (Å²) in [6.07, 6.45) is -4.40. The fourth-order valence-corrected chi connectivity index (χ4v) is 2.39. The Hall–Kier alpha value is -1.95. The van der Waals surface area contributed by atoms with Crippen molar-refractivity contribution in [1.29, 1.82) is 0 Å². The van der Waals surface area contributed by atoms with Crippen LogP contribution in [0.15, 0.2) is 10.9 Å². The predicted molar refractivity (Wildman–Crippen MR) is 71.9 cm³/mol. The van der Waals surface area contributed by atoms with Gasteiger partial charge in [0, 0.05) is 5.69 Å². The second-order valence-electron chi connectivity index (χ2n) is 4.77. The summed E-state index contributed by atoms with van der Waals surface area (Å²) >= 11 is 0. The summed E-state index contributed by atoms with van der Waals surface area (Å²) in [5.74, 6) is 4.60. The molecule has 0 aliphatic carbocycles. The number of ether oxygens (including phenoxy) is 1. The zero-order valence-corrected chi connectivity index (χ0v) is 11.6. The Labute approximate surface area is 120 Å². The molecule has 1 aromatic heterocycles. The van der Waals surface area contributed by atoms with E-state index in [4.69, 9.17) is 15.6 Å². The molecule has 1 aliphatic heterocycles. The van der Waals surface area contributed by atoms with Crippen molar-refractivity contribution in [3.63, 3.8) is 0 Å². The average Bonchev–Trinajstić information content (AvgIpc) is 2.63. The van der Waals surface area contributed by atoms with Gasteiger partial charge in [-0.15, -0.1) is 5.92 Å². The van der Waals surface area contributed by atoms with E-state index in [1.54, 1.807) is 0 Å². The van der Waals surface area contributed by atoms with E-state index in [9.17, 15) is 9.90 Å². The number of alkyl halides is 1. The highest BCUT2D eigenvalue weighted by Crippen LogP contribution is 2.41. The number of hydrogen-bond acceptors (Lipinski definition) is 6. The van der Waals surface area contributed by atoms with E-state index >= 15 is 4.39 Å².